The molecule has 0 atom stereocenters. The van der Waals surface area contributed by atoms with Crippen molar-refractivity contribution in [1.82, 2.24) is 0 Å². The molecule has 0 aromatic carbocycles. The van der Waals surface area contributed by atoms with Gasteiger partial charge in [-0.2, -0.15) is 0 Å². The van der Waals surface area contributed by atoms with Crippen LogP contribution in [-0.4, -0.2) is 17.9 Å². The van der Waals surface area contributed by atoms with Gasteiger partial charge in [0.2, 0.25) is 0 Å². The van der Waals surface area contributed by atoms with Crippen LogP contribution in [0.4, 0.5) is 0 Å². The zero-order valence-electron chi connectivity index (χ0n) is 6.56. The highest BCUT2D eigenvalue weighted by atomic mass is 79.9. The molecule has 0 unspecified atom stereocenters. The van der Waals surface area contributed by atoms with Crippen LogP contribution in [0, 0.1) is 11.8 Å². The number of allylic oxidation sites excluding steroid dienone is 1. The summed E-state index contributed by atoms with van der Waals surface area (Å²) in [6.07, 6.45) is 1.47. The Morgan fingerprint density at radius 1 is 1.67 bits per heavy atom. The second kappa shape index (κ2) is 7.38. The van der Waals surface area contributed by atoms with Crippen molar-refractivity contribution in [3.8, 4) is 11.8 Å². The number of esters is 1. The zero-order valence-corrected chi connectivity index (χ0v) is 9.74. The lowest BCUT2D eigenvalue weighted by Crippen LogP contribution is -2.02. The Balaban J connectivity index is 4.08. The van der Waals surface area contributed by atoms with Crippen LogP contribution in [-0.2, 0) is 9.53 Å². The summed E-state index contributed by atoms with van der Waals surface area (Å²) in [6.45, 7) is 2.12. The predicted molar refractivity (Wildman–Crippen MR) is 55.2 cm³/mol. The van der Waals surface area contributed by atoms with Crippen molar-refractivity contribution in [3.05, 3.63) is 10.6 Å². The maximum Gasteiger partial charge on any atom is 0.345 e. The van der Waals surface area contributed by atoms with E-state index in [1.54, 1.807) is 6.92 Å². The van der Waals surface area contributed by atoms with Crippen LogP contribution in [0.15, 0.2) is 10.6 Å². The van der Waals surface area contributed by atoms with Crippen molar-refractivity contribution in [3.63, 3.8) is 0 Å². The van der Waals surface area contributed by atoms with Crippen LogP contribution in [0.2, 0.25) is 0 Å². The standard InChI is InChI=1S/C8H8Br2O2/c1-2-12-8(11)7(10)5-3-4-6-9/h5H,2,6H2,1H3/b7-5-. The van der Waals surface area contributed by atoms with E-state index in [-0.39, 0.29) is 5.97 Å². The maximum atomic E-state index is 10.9. The number of ether oxygens (including phenoxy) is 1. The van der Waals surface area contributed by atoms with E-state index in [4.69, 9.17) is 4.74 Å². The number of carbonyl (C=O) groups excluding carboxylic acids is 1. The minimum Gasteiger partial charge on any atom is -0.462 e. The van der Waals surface area contributed by atoms with Gasteiger partial charge in [-0.15, -0.1) is 0 Å². The molecule has 0 aliphatic rings. The molecule has 0 heterocycles. The van der Waals surface area contributed by atoms with Gasteiger partial charge in [-0.25, -0.2) is 4.79 Å². The first-order valence-electron chi connectivity index (χ1n) is 3.29. The fraction of sp³-hybridized carbons (Fsp3) is 0.375. The molecule has 0 aromatic rings. The van der Waals surface area contributed by atoms with Gasteiger partial charge in [0.1, 0.15) is 4.48 Å². The number of hydrogen-bond acceptors (Lipinski definition) is 2. The van der Waals surface area contributed by atoms with Crippen LogP contribution in [0.1, 0.15) is 6.92 Å². The highest BCUT2D eigenvalue weighted by Gasteiger charge is 2.03. The van der Waals surface area contributed by atoms with Gasteiger partial charge in [-0.3, -0.25) is 0 Å². The summed E-state index contributed by atoms with van der Waals surface area (Å²) in [4.78, 5) is 10.9. The lowest BCUT2D eigenvalue weighted by atomic mass is 10.5. The van der Waals surface area contributed by atoms with E-state index in [0.29, 0.717) is 16.4 Å². The van der Waals surface area contributed by atoms with Crippen molar-refractivity contribution in [1.29, 1.82) is 0 Å². The third kappa shape index (κ3) is 5.39. The van der Waals surface area contributed by atoms with Crippen LogP contribution in [0.5, 0.6) is 0 Å². The third-order valence-corrected chi connectivity index (χ3v) is 1.67. The molecule has 0 aliphatic heterocycles. The molecular weight excluding hydrogens is 288 g/mol. The molecule has 0 fully saturated rings. The van der Waals surface area contributed by atoms with E-state index >= 15 is 0 Å². The number of halogens is 2. The molecule has 0 aromatic heterocycles. The first-order valence-corrected chi connectivity index (χ1v) is 5.21. The van der Waals surface area contributed by atoms with Gasteiger partial charge >= 0.3 is 5.97 Å². The van der Waals surface area contributed by atoms with Crippen LogP contribution in [0.3, 0.4) is 0 Å². The van der Waals surface area contributed by atoms with Crippen LogP contribution >= 0.6 is 31.9 Å². The summed E-state index contributed by atoms with van der Waals surface area (Å²) in [5, 5.41) is 0.590. The van der Waals surface area contributed by atoms with E-state index in [2.05, 4.69) is 43.7 Å². The van der Waals surface area contributed by atoms with Gasteiger partial charge in [-0.1, -0.05) is 27.8 Å². The maximum absolute atomic E-state index is 10.9. The van der Waals surface area contributed by atoms with Crippen molar-refractivity contribution >= 4 is 37.8 Å². The van der Waals surface area contributed by atoms with E-state index in [1.807, 2.05) is 0 Å². The van der Waals surface area contributed by atoms with Crippen LogP contribution in [0.25, 0.3) is 0 Å². The summed E-state index contributed by atoms with van der Waals surface area (Å²) in [5.41, 5.74) is 0. The molecule has 0 N–H and O–H groups in total. The Bertz CT molecular complexity index is 235. The molecule has 0 saturated heterocycles. The molecule has 0 bridgehead atoms. The smallest absolute Gasteiger partial charge is 0.345 e. The van der Waals surface area contributed by atoms with Gasteiger partial charge in [0.15, 0.2) is 0 Å². The molecule has 0 aliphatic carbocycles. The van der Waals surface area contributed by atoms with Crippen molar-refractivity contribution in [2.45, 2.75) is 6.92 Å². The molecule has 0 rings (SSSR count). The quantitative estimate of drug-likeness (QED) is 0.338. The van der Waals surface area contributed by atoms with Gasteiger partial charge in [0.05, 0.1) is 11.9 Å². The fourth-order valence-corrected chi connectivity index (χ4v) is 0.803. The highest BCUT2D eigenvalue weighted by molar-refractivity contribution is 9.12. The first kappa shape index (κ1) is 11.7. The summed E-state index contributed by atoms with van der Waals surface area (Å²) in [6, 6.07) is 0. The molecule has 0 radical (unpaired) electrons. The van der Waals surface area contributed by atoms with Crippen molar-refractivity contribution < 1.29 is 9.53 Å². The summed E-state index contributed by atoms with van der Waals surface area (Å²) in [5.74, 6) is 5.01. The Hall–Kier alpha value is -0.270. The van der Waals surface area contributed by atoms with Crippen LogP contribution < -0.4 is 0 Å². The van der Waals surface area contributed by atoms with E-state index < -0.39 is 0 Å². The average molecular weight is 296 g/mol. The number of carbonyl (C=O) groups is 1. The Morgan fingerprint density at radius 3 is 2.83 bits per heavy atom. The highest BCUT2D eigenvalue weighted by Crippen LogP contribution is 2.05. The molecule has 66 valence electrons. The lowest BCUT2D eigenvalue weighted by molar-refractivity contribution is -0.137. The molecule has 0 amide bonds. The predicted octanol–water partition coefficient (Wildman–Crippen LogP) is 2.23. The molecule has 4 heteroatoms. The van der Waals surface area contributed by atoms with Gasteiger partial charge in [-0.05, 0) is 22.9 Å². The van der Waals surface area contributed by atoms with Crippen molar-refractivity contribution in [2.24, 2.45) is 0 Å². The summed E-state index contributed by atoms with van der Waals surface area (Å²) >= 11 is 6.18. The fourth-order valence-electron chi connectivity index (χ4n) is 0.412. The Labute approximate surface area is 88.6 Å². The second-order valence-electron chi connectivity index (χ2n) is 1.67. The summed E-state index contributed by atoms with van der Waals surface area (Å²) in [7, 11) is 0. The normalized spacial score (nSPS) is 10.1. The minimum absolute atomic E-state index is 0.345. The Kier molecular flexibility index (Phi) is 7.22. The topological polar surface area (TPSA) is 26.3 Å². The van der Waals surface area contributed by atoms with Gasteiger partial charge < -0.3 is 4.74 Å². The monoisotopic (exact) mass is 294 g/mol. The Morgan fingerprint density at radius 2 is 2.33 bits per heavy atom. The number of rotatable bonds is 2. The minimum atomic E-state index is -0.388. The summed E-state index contributed by atoms with van der Waals surface area (Å²) < 4.78 is 5.05. The number of hydrogen-bond donors (Lipinski definition) is 0. The average Bonchev–Trinajstić information content (AvgIpc) is 2.05. The third-order valence-electron chi connectivity index (χ3n) is 0.838. The second-order valence-corrected chi connectivity index (χ2v) is 3.08. The SMILES string of the molecule is CCOC(=O)/C(Br)=C/C#CCBr. The molecule has 0 saturated carbocycles. The molecule has 0 spiro atoms. The van der Waals surface area contributed by atoms with E-state index in [1.165, 1.54) is 6.08 Å². The molecular formula is C8H8Br2O2. The van der Waals surface area contributed by atoms with Gasteiger partial charge in [0, 0.05) is 6.08 Å². The lowest BCUT2D eigenvalue weighted by Gasteiger charge is -1.96. The molecule has 12 heavy (non-hydrogen) atoms. The van der Waals surface area contributed by atoms with Crippen molar-refractivity contribution in [2.75, 3.05) is 11.9 Å². The van der Waals surface area contributed by atoms with E-state index in [9.17, 15) is 4.79 Å². The zero-order chi connectivity index (χ0) is 9.40. The van der Waals surface area contributed by atoms with Gasteiger partial charge in [0.25, 0.3) is 0 Å². The number of alkyl halides is 1. The largest absolute Gasteiger partial charge is 0.462 e. The van der Waals surface area contributed by atoms with E-state index in [0.717, 1.165) is 0 Å². The first-order chi connectivity index (χ1) is 5.72. The molecule has 2 nitrogen and oxygen atoms in total.